The molecule has 1 N–H and O–H groups in total. The fraction of sp³-hybridized carbons (Fsp3) is 0.318. The number of hydrogen-bond acceptors (Lipinski definition) is 6. The first-order chi connectivity index (χ1) is 15.2. The molecule has 0 saturated carbocycles. The highest BCUT2D eigenvalue weighted by molar-refractivity contribution is 7.98. The van der Waals surface area contributed by atoms with Gasteiger partial charge in [-0.2, -0.15) is 11.8 Å². The fourth-order valence-corrected chi connectivity index (χ4v) is 4.85. The Kier molecular flexibility index (Phi) is 7.68. The standard InChI is InChI=1S/C22H23FN2O5S2/c1-32(29,30)13-10-19(25-21(27)16-7-3-4-8-17(16)22(25)28)20(26)24-11-12-31-14-15-6-2-5-9-18(15)23/h2-9,19H,10-14H2,1H3,(H,24,26)/t19-/m1/s1. The Morgan fingerprint density at radius 3 is 2.25 bits per heavy atom. The Bertz CT molecular complexity index is 1100. The Morgan fingerprint density at radius 1 is 1.06 bits per heavy atom. The van der Waals surface area contributed by atoms with Crippen LogP contribution in [0.1, 0.15) is 32.7 Å². The first kappa shape index (κ1) is 23.9. The zero-order valence-electron chi connectivity index (χ0n) is 17.4. The SMILES string of the molecule is CS(=O)(=O)CC[C@H](C(=O)NCCSCc1ccccc1F)N1C(=O)c2ccccc2C1=O. The van der Waals surface area contributed by atoms with Gasteiger partial charge in [0, 0.05) is 24.3 Å². The van der Waals surface area contributed by atoms with Gasteiger partial charge in [-0.05, 0) is 30.2 Å². The van der Waals surface area contributed by atoms with E-state index in [9.17, 15) is 27.2 Å². The van der Waals surface area contributed by atoms with E-state index < -0.39 is 33.6 Å². The molecule has 7 nitrogen and oxygen atoms in total. The van der Waals surface area contributed by atoms with Crippen LogP contribution >= 0.6 is 11.8 Å². The maximum Gasteiger partial charge on any atom is 0.262 e. The second-order valence-corrected chi connectivity index (χ2v) is 10.8. The molecule has 1 atom stereocenters. The summed E-state index contributed by atoms with van der Waals surface area (Å²) in [6.45, 7) is 0.219. The molecule has 1 aliphatic heterocycles. The number of nitrogens with one attached hydrogen (secondary N) is 1. The predicted molar refractivity (Wildman–Crippen MR) is 121 cm³/mol. The average molecular weight is 479 g/mol. The molecule has 0 saturated heterocycles. The molecule has 0 aromatic heterocycles. The van der Waals surface area contributed by atoms with Gasteiger partial charge in [0.05, 0.1) is 16.9 Å². The number of hydrogen-bond donors (Lipinski definition) is 1. The third-order valence-corrected chi connectivity index (χ3v) is 6.95. The highest BCUT2D eigenvalue weighted by Crippen LogP contribution is 2.26. The molecule has 2 aromatic rings. The van der Waals surface area contributed by atoms with E-state index in [2.05, 4.69) is 5.32 Å². The van der Waals surface area contributed by atoms with Crippen molar-refractivity contribution in [2.75, 3.05) is 24.3 Å². The van der Waals surface area contributed by atoms with Gasteiger partial charge in [0.1, 0.15) is 21.7 Å². The first-order valence-electron chi connectivity index (χ1n) is 9.92. The smallest absolute Gasteiger partial charge is 0.262 e. The lowest BCUT2D eigenvalue weighted by atomic mass is 10.1. The number of amides is 3. The third-order valence-electron chi connectivity index (χ3n) is 4.96. The minimum atomic E-state index is -3.42. The summed E-state index contributed by atoms with van der Waals surface area (Å²) in [4.78, 5) is 39.3. The number of thioether (sulfide) groups is 1. The molecule has 0 fully saturated rings. The van der Waals surface area contributed by atoms with Gasteiger partial charge in [0.2, 0.25) is 5.91 Å². The summed E-state index contributed by atoms with van der Waals surface area (Å²) < 4.78 is 37.0. The number of nitrogens with zero attached hydrogens (tertiary/aromatic N) is 1. The summed E-state index contributed by atoms with van der Waals surface area (Å²) in [5, 5.41) is 2.67. The molecule has 2 aromatic carbocycles. The van der Waals surface area contributed by atoms with E-state index in [-0.39, 0.29) is 35.7 Å². The fourth-order valence-electron chi connectivity index (χ4n) is 3.36. The normalized spacial score (nSPS) is 14.4. The van der Waals surface area contributed by atoms with E-state index in [1.165, 1.54) is 30.0 Å². The molecule has 0 spiro atoms. The van der Waals surface area contributed by atoms with Crippen LogP contribution in [0.2, 0.25) is 0 Å². The molecule has 32 heavy (non-hydrogen) atoms. The lowest BCUT2D eigenvalue weighted by molar-refractivity contribution is -0.124. The number of sulfone groups is 1. The van der Waals surface area contributed by atoms with E-state index in [0.717, 1.165) is 11.2 Å². The lowest BCUT2D eigenvalue weighted by Gasteiger charge is -2.25. The van der Waals surface area contributed by atoms with Crippen molar-refractivity contribution in [2.45, 2.75) is 18.2 Å². The number of fused-ring (bicyclic) bond motifs is 1. The molecule has 3 rings (SSSR count). The molecule has 1 aliphatic rings. The van der Waals surface area contributed by atoms with E-state index in [4.69, 9.17) is 0 Å². The Morgan fingerprint density at radius 2 is 1.66 bits per heavy atom. The van der Waals surface area contributed by atoms with Crippen LogP contribution < -0.4 is 5.32 Å². The van der Waals surface area contributed by atoms with Crippen LogP contribution in [-0.4, -0.2) is 61.4 Å². The number of carbonyl (C=O) groups is 3. The highest BCUT2D eigenvalue weighted by Gasteiger charge is 2.42. The Hall–Kier alpha value is -2.72. The minimum absolute atomic E-state index is 0.190. The monoisotopic (exact) mass is 478 g/mol. The second-order valence-electron chi connectivity index (χ2n) is 7.40. The van der Waals surface area contributed by atoms with Crippen LogP contribution in [0.4, 0.5) is 4.39 Å². The minimum Gasteiger partial charge on any atom is -0.353 e. The van der Waals surface area contributed by atoms with E-state index in [1.54, 1.807) is 30.3 Å². The van der Waals surface area contributed by atoms with Gasteiger partial charge in [-0.1, -0.05) is 30.3 Å². The summed E-state index contributed by atoms with van der Waals surface area (Å²) in [7, 11) is -3.42. The summed E-state index contributed by atoms with van der Waals surface area (Å²) in [5.41, 5.74) is 0.936. The molecular formula is C22H23FN2O5S2. The van der Waals surface area contributed by atoms with Crippen LogP contribution in [0.15, 0.2) is 48.5 Å². The van der Waals surface area contributed by atoms with Gasteiger partial charge < -0.3 is 5.32 Å². The van der Waals surface area contributed by atoms with Crippen LogP contribution in [0.25, 0.3) is 0 Å². The van der Waals surface area contributed by atoms with E-state index >= 15 is 0 Å². The van der Waals surface area contributed by atoms with Crippen molar-refractivity contribution in [1.29, 1.82) is 0 Å². The maximum atomic E-state index is 13.7. The highest BCUT2D eigenvalue weighted by atomic mass is 32.2. The van der Waals surface area contributed by atoms with Crippen LogP contribution in [0.3, 0.4) is 0 Å². The predicted octanol–water partition coefficient (Wildman–Crippen LogP) is 2.27. The van der Waals surface area contributed by atoms with Gasteiger partial charge in [-0.3, -0.25) is 19.3 Å². The third kappa shape index (κ3) is 5.74. The zero-order valence-corrected chi connectivity index (χ0v) is 19.0. The summed E-state index contributed by atoms with van der Waals surface area (Å²) >= 11 is 1.42. The van der Waals surface area contributed by atoms with Gasteiger partial charge in [0.15, 0.2) is 0 Å². The van der Waals surface area contributed by atoms with Crippen molar-refractivity contribution in [3.63, 3.8) is 0 Å². The molecule has 170 valence electrons. The van der Waals surface area contributed by atoms with Crippen LogP contribution in [-0.2, 0) is 20.4 Å². The Balaban J connectivity index is 1.64. The number of halogens is 1. The average Bonchev–Trinajstić information content (AvgIpc) is 2.99. The molecule has 3 amide bonds. The molecule has 1 heterocycles. The number of imide groups is 1. The summed E-state index contributed by atoms with van der Waals surface area (Å²) in [5.74, 6) is -1.58. The summed E-state index contributed by atoms with van der Waals surface area (Å²) in [6.07, 6.45) is 0.836. The van der Waals surface area contributed by atoms with Crippen molar-refractivity contribution < 1.29 is 27.2 Å². The zero-order chi connectivity index (χ0) is 23.3. The number of benzene rings is 2. The van der Waals surface area contributed by atoms with Crippen molar-refractivity contribution in [1.82, 2.24) is 10.2 Å². The van der Waals surface area contributed by atoms with Crippen molar-refractivity contribution in [2.24, 2.45) is 0 Å². The molecule has 0 bridgehead atoms. The van der Waals surface area contributed by atoms with Gasteiger partial charge in [-0.25, -0.2) is 12.8 Å². The largest absolute Gasteiger partial charge is 0.353 e. The van der Waals surface area contributed by atoms with E-state index in [0.29, 0.717) is 17.1 Å². The van der Waals surface area contributed by atoms with Gasteiger partial charge >= 0.3 is 0 Å². The van der Waals surface area contributed by atoms with Gasteiger partial charge in [-0.15, -0.1) is 0 Å². The first-order valence-corrected chi connectivity index (χ1v) is 13.1. The van der Waals surface area contributed by atoms with Crippen LogP contribution in [0.5, 0.6) is 0 Å². The molecule has 0 unspecified atom stereocenters. The molecule has 10 heteroatoms. The number of carbonyl (C=O) groups excluding carboxylic acids is 3. The second kappa shape index (κ2) is 10.3. The lowest BCUT2D eigenvalue weighted by Crippen LogP contribution is -2.50. The van der Waals surface area contributed by atoms with E-state index in [1.807, 2.05) is 0 Å². The van der Waals surface area contributed by atoms with Crippen LogP contribution in [0, 0.1) is 5.82 Å². The van der Waals surface area contributed by atoms with Crippen molar-refractivity contribution in [3.8, 4) is 0 Å². The van der Waals surface area contributed by atoms with Gasteiger partial charge in [0.25, 0.3) is 11.8 Å². The summed E-state index contributed by atoms with van der Waals surface area (Å²) in [6, 6.07) is 11.4. The topological polar surface area (TPSA) is 101 Å². The molecular weight excluding hydrogens is 455 g/mol. The quantitative estimate of drug-likeness (QED) is 0.415. The Labute approximate surface area is 190 Å². The molecule has 0 radical (unpaired) electrons. The maximum absolute atomic E-state index is 13.7. The molecule has 0 aliphatic carbocycles. The van der Waals surface area contributed by atoms with Crippen molar-refractivity contribution >= 4 is 39.3 Å². The number of rotatable bonds is 10. The van der Waals surface area contributed by atoms with Crippen molar-refractivity contribution in [3.05, 3.63) is 71.0 Å².